The zero-order valence-corrected chi connectivity index (χ0v) is 10.2. The number of carbonyl (C=O) groups is 1. The number of carbonyl (C=O) groups excluding carboxylic acids is 1. The summed E-state index contributed by atoms with van der Waals surface area (Å²) in [6.07, 6.45) is 0. The van der Waals surface area contributed by atoms with Crippen molar-refractivity contribution < 1.29 is 13.7 Å². The second-order valence-electron chi connectivity index (χ2n) is 4.10. The molecule has 1 aromatic carbocycles. The molecule has 0 fully saturated rings. The number of aromatic nitrogens is 1. The van der Waals surface area contributed by atoms with Crippen LogP contribution in [0.15, 0.2) is 34.9 Å². The second kappa shape index (κ2) is 5.00. The van der Waals surface area contributed by atoms with Gasteiger partial charge >= 0.3 is 0 Å². The SMILES string of the molecule is Cc1cc(CN(C)C(=O)c2ccc(F)cc2)on1. The first-order valence-corrected chi connectivity index (χ1v) is 5.49. The topological polar surface area (TPSA) is 46.3 Å². The van der Waals surface area contributed by atoms with Gasteiger partial charge in [-0.3, -0.25) is 4.79 Å². The highest BCUT2D eigenvalue weighted by molar-refractivity contribution is 5.93. The molecule has 2 aromatic rings. The molecule has 4 nitrogen and oxygen atoms in total. The Labute approximate surface area is 104 Å². The van der Waals surface area contributed by atoms with Gasteiger partial charge in [0.05, 0.1) is 12.2 Å². The van der Waals surface area contributed by atoms with E-state index in [1.54, 1.807) is 13.1 Å². The van der Waals surface area contributed by atoms with Gasteiger partial charge in [0.1, 0.15) is 5.82 Å². The van der Waals surface area contributed by atoms with Gasteiger partial charge in [-0.15, -0.1) is 0 Å². The smallest absolute Gasteiger partial charge is 0.254 e. The number of aryl methyl sites for hydroxylation is 1. The largest absolute Gasteiger partial charge is 0.359 e. The fourth-order valence-corrected chi connectivity index (χ4v) is 1.61. The van der Waals surface area contributed by atoms with E-state index in [0.29, 0.717) is 17.9 Å². The van der Waals surface area contributed by atoms with Crippen molar-refractivity contribution in [2.45, 2.75) is 13.5 Å². The Kier molecular flexibility index (Phi) is 3.41. The molecule has 0 radical (unpaired) electrons. The van der Waals surface area contributed by atoms with Crippen LogP contribution in [-0.4, -0.2) is 23.0 Å². The highest BCUT2D eigenvalue weighted by Gasteiger charge is 2.13. The van der Waals surface area contributed by atoms with E-state index in [4.69, 9.17) is 4.52 Å². The van der Waals surface area contributed by atoms with E-state index in [9.17, 15) is 9.18 Å². The van der Waals surface area contributed by atoms with Crippen molar-refractivity contribution in [3.63, 3.8) is 0 Å². The number of hydrogen-bond acceptors (Lipinski definition) is 3. The first kappa shape index (κ1) is 12.3. The van der Waals surface area contributed by atoms with E-state index in [1.165, 1.54) is 29.2 Å². The average Bonchev–Trinajstić information content (AvgIpc) is 2.75. The molecule has 1 aromatic heterocycles. The molecule has 0 N–H and O–H groups in total. The summed E-state index contributed by atoms with van der Waals surface area (Å²) in [6.45, 7) is 2.14. The summed E-state index contributed by atoms with van der Waals surface area (Å²) >= 11 is 0. The van der Waals surface area contributed by atoms with Crippen LogP contribution in [0, 0.1) is 12.7 Å². The summed E-state index contributed by atoms with van der Waals surface area (Å²) in [4.78, 5) is 13.5. The minimum absolute atomic E-state index is 0.191. The van der Waals surface area contributed by atoms with Crippen LogP contribution < -0.4 is 0 Å². The Hall–Kier alpha value is -2.17. The minimum atomic E-state index is -0.361. The zero-order chi connectivity index (χ0) is 13.1. The number of hydrogen-bond donors (Lipinski definition) is 0. The lowest BCUT2D eigenvalue weighted by Crippen LogP contribution is -2.25. The quantitative estimate of drug-likeness (QED) is 0.837. The summed E-state index contributed by atoms with van der Waals surface area (Å²) in [5.74, 6) is 0.0644. The predicted molar refractivity (Wildman–Crippen MR) is 63.4 cm³/mol. The van der Waals surface area contributed by atoms with Crippen molar-refractivity contribution in [1.82, 2.24) is 10.1 Å². The third-order valence-corrected chi connectivity index (χ3v) is 2.51. The van der Waals surface area contributed by atoms with Crippen LogP contribution in [0.4, 0.5) is 4.39 Å². The van der Waals surface area contributed by atoms with Gasteiger partial charge in [-0.05, 0) is 31.2 Å². The monoisotopic (exact) mass is 248 g/mol. The first-order valence-electron chi connectivity index (χ1n) is 5.49. The van der Waals surface area contributed by atoms with E-state index in [-0.39, 0.29) is 11.7 Å². The van der Waals surface area contributed by atoms with Gasteiger partial charge in [-0.1, -0.05) is 5.16 Å². The molecule has 0 aliphatic rings. The number of rotatable bonds is 3. The van der Waals surface area contributed by atoms with E-state index in [1.807, 2.05) is 6.92 Å². The van der Waals surface area contributed by atoms with Gasteiger partial charge in [0.15, 0.2) is 5.76 Å². The molecular weight excluding hydrogens is 235 g/mol. The molecule has 0 unspecified atom stereocenters. The molecule has 0 spiro atoms. The lowest BCUT2D eigenvalue weighted by atomic mass is 10.2. The summed E-state index contributed by atoms with van der Waals surface area (Å²) in [5, 5.41) is 3.75. The fraction of sp³-hybridized carbons (Fsp3) is 0.231. The number of benzene rings is 1. The van der Waals surface area contributed by atoms with Crippen LogP contribution in [0.3, 0.4) is 0 Å². The van der Waals surface area contributed by atoms with E-state index < -0.39 is 0 Å². The summed E-state index contributed by atoms with van der Waals surface area (Å²) in [7, 11) is 1.66. The molecule has 0 bridgehead atoms. The van der Waals surface area contributed by atoms with Gasteiger partial charge in [-0.25, -0.2) is 4.39 Å². The van der Waals surface area contributed by atoms with Crippen LogP contribution in [0.5, 0.6) is 0 Å². The van der Waals surface area contributed by atoms with Crippen molar-refractivity contribution >= 4 is 5.91 Å². The van der Waals surface area contributed by atoms with Crippen molar-refractivity contribution in [1.29, 1.82) is 0 Å². The van der Waals surface area contributed by atoms with Crippen LogP contribution in [0.2, 0.25) is 0 Å². The van der Waals surface area contributed by atoms with Crippen molar-refractivity contribution in [2.75, 3.05) is 7.05 Å². The predicted octanol–water partition coefficient (Wildman–Crippen LogP) is 2.39. The number of nitrogens with zero attached hydrogens (tertiary/aromatic N) is 2. The normalized spacial score (nSPS) is 10.4. The Bertz CT molecular complexity index is 548. The van der Waals surface area contributed by atoms with Crippen molar-refractivity contribution in [2.24, 2.45) is 0 Å². The Morgan fingerprint density at radius 3 is 2.61 bits per heavy atom. The van der Waals surface area contributed by atoms with Crippen LogP contribution in [-0.2, 0) is 6.54 Å². The Balaban J connectivity index is 2.07. The molecule has 1 amide bonds. The number of amides is 1. The maximum Gasteiger partial charge on any atom is 0.254 e. The van der Waals surface area contributed by atoms with Gasteiger partial charge in [-0.2, -0.15) is 0 Å². The van der Waals surface area contributed by atoms with Crippen LogP contribution >= 0.6 is 0 Å². The molecular formula is C13H13FN2O2. The standard InChI is InChI=1S/C13H13FN2O2/c1-9-7-12(18-15-9)8-16(2)13(17)10-3-5-11(14)6-4-10/h3-7H,8H2,1-2H3. The summed E-state index contributed by atoms with van der Waals surface area (Å²) in [6, 6.07) is 7.22. The van der Waals surface area contributed by atoms with E-state index in [2.05, 4.69) is 5.16 Å². The van der Waals surface area contributed by atoms with Crippen LogP contribution in [0.1, 0.15) is 21.8 Å². The maximum absolute atomic E-state index is 12.8. The molecule has 0 saturated carbocycles. The summed E-state index contributed by atoms with van der Waals surface area (Å²) < 4.78 is 17.8. The highest BCUT2D eigenvalue weighted by atomic mass is 19.1. The molecule has 94 valence electrons. The lowest BCUT2D eigenvalue weighted by molar-refractivity contribution is 0.0772. The molecule has 2 rings (SSSR count). The molecule has 0 aliphatic heterocycles. The molecule has 18 heavy (non-hydrogen) atoms. The van der Waals surface area contributed by atoms with E-state index in [0.717, 1.165) is 5.69 Å². The average molecular weight is 248 g/mol. The molecule has 0 saturated heterocycles. The van der Waals surface area contributed by atoms with Gasteiger partial charge in [0, 0.05) is 18.7 Å². The van der Waals surface area contributed by atoms with E-state index >= 15 is 0 Å². The molecule has 0 atom stereocenters. The number of halogens is 1. The van der Waals surface area contributed by atoms with Crippen molar-refractivity contribution in [3.05, 3.63) is 53.2 Å². The second-order valence-corrected chi connectivity index (χ2v) is 4.10. The van der Waals surface area contributed by atoms with Gasteiger partial charge in [0.25, 0.3) is 5.91 Å². The third-order valence-electron chi connectivity index (χ3n) is 2.51. The fourth-order valence-electron chi connectivity index (χ4n) is 1.61. The minimum Gasteiger partial charge on any atom is -0.359 e. The molecule has 5 heteroatoms. The highest BCUT2D eigenvalue weighted by Crippen LogP contribution is 2.10. The van der Waals surface area contributed by atoms with Gasteiger partial charge in [0.2, 0.25) is 0 Å². The third kappa shape index (κ3) is 2.74. The summed E-state index contributed by atoms with van der Waals surface area (Å²) in [5.41, 5.74) is 1.21. The molecule has 0 aliphatic carbocycles. The Morgan fingerprint density at radius 2 is 2.06 bits per heavy atom. The lowest BCUT2D eigenvalue weighted by Gasteiger charge is -2.15. The van der Waals surface area contributed by atoms with Crippen LogP contribution in [0.25, 0.3) is 0 Å². The van der Waals surface area contributed by atoms with Gasteiger partial charge < -0.3 is 9.42 Å². The maximum atomic E-state index is 12.8. The first-order chi connectivity index (χ1) is 8.56. The van der Waals surface area contributed by atoms with Crippen molar-refractivity contribution in [3.8, 4) is 0 Å². The Morgan fingerprint density at radius 1 is 1.39 bits per heavy atom. The molecule has 1 heterocycles. The zero-order valence-electron chi connectivity index (χ0n) is 10.2.